The number of benzene rings is 3. The van der Waals surface area contributed by atoms with Crippen molar-refractivity contribution in [2.24, 2.45) is 0 Å². The van der Waals surface area contributed by atoms with E-state index in [4.69, 9.17) is 11.6 Å². The lowest BCUT2D eigenvalue weighted by atomic mass is 10.2. The number of hydrogen-bond donors (Lipinski definition) is 2. The fourth-order valence-corrected chi connectivity index (χ4v) is 6.95. The Morgan fingerprint density at radius 1 is 0.763 bits per heavy atom. The summed E-state index contributed by atoms with van der Waals surface area (Å²) < 4.78 is 56.7. The summed E-state index contributed by atoms with van der Waals surface area (Å²) in [5.41, 5.74) is 0.889. The number of carbonyl (C=O) groups is 1. The molecule has 202 valence electrons. The van der Waals surface area contributed by atoms with Gasteiger partial charge in [-0.05, 0) is 85.8 Å². The Morgan fingerprint density at radius 2 is 1.26 bits per heavy atom. The van der Waals surface area contributed by atoms with Crippen LogP contribution in [0.15, 0.2) is 81.4 Å². The van der Waals surface area contributed by atoms with Gasteiger partial charge in [0.25, 0.3) is 26.0 Å². The first kappa shape index (κ1) is 28.3. The highest BCUT2D eigenvalue weighted by atomic mass is 35.5. The lowest BCUT2D eigenvalue weighted by Gasteiger charge is -2.22. The molecule has 1 amide bonds. The zero-order valence-corrected chi connectivity index (χ0v) is 23.9. The molecule has 0 bridgehead atoms. The lowest BCUT2D eigenvalue weighted by Crippen LogP contribution is -2.32. The third-order valence-corrected chi connectivity index (χ3v) is 9.94. The normalized spacial score (nSPS) is 14.5. The predicted octanol–water partition coefficient (Wildman–Crippen LogP) is 5.68. The molecule has 0 atom stereocenters. The summed E-state index contributed by atoms with van der Waals surface area (Å²) >= 11 is 7.23. The van der Waals surface area contributed by atoms with E-state index in [1.807, 2.05) is 6.26 Å². The van der Waals surface area contributed by atoms with Crippen molar-refractivity contribution in [1.29, 1.82) is 0 Å². The van der Waals surface area contributed by atoms with Gasteiger partial charge in [-0.3, -0.25) is 14.2 Å². The number of nitrogens with zero attached hydrogens (tertiary/aromatic N) is 1. The molecule has 1 fully saturated rings. The summed E-state index contributed by atoms with van der Waals surface area (Å²) in [6.45, 7) is 1.31. The van der Waals surface area contributed by atoms with Crippen LogP contribution in [0.1, 0.15) is 36.0 Å². The van der Waals surface area contributed by atoms with E-state index in [0.717, 1.165) is 25.7 Å². The quantitative estimate of drug-likeness (QED) is 0.325. The molecule has 3 aromatic rings. The lowest BCUT2D eigenvalue weighted by molar-refractivity contribution is 0.0758. The van der Waals surface area contributed by atoms with Gasteiger partial charge in [-0.1, -0.05) is 24.4 Å². The highest BCUT2D eigenvalue weighted by Gasteiger charge is 2.24. The van der Waals surface area contributed by atoms with Crippen LogP contribution in [0.3, 0.4) is 0 Å². The van der Waals surface area contributed by atoms with Crippen LogP contribution in [0.2, 0.25) is 5.02 Å². The number of amides is 1. The SMILES string of the molecule is CSc1ccc(S(=O)(=O)Nc2ccc(S(=O)(=O)Nc3ccc(Cl)cc3)cc2)cc1C(=O)N1CCCCCC1. The minimum atomic E-state index is -4.04. The van der Waals surface area contributed by atoms with Crippen molar-refractivity contribution < 1.29 is 21.6 Å². The Bertz CT molecular complexity index is 1500. The number of hydrogen-bond acceptors (Lipinski definition) is 6. The van der Waals surface area contributed by atoms with Gasteiger partial charge in [0.1, 0.15) is 0 Å². The number of sulfonamides is 2. The fourth-order valence-electron chi connectivity index (χ4n) is 4.11. The average molecular weight is 594 g/mol. The average Bonchev–Trinajstić information content (AvgIpc) is 3.19. The van der Waals surface area contributed by atoms with Gasteiger partial charge in [0.15, 0.2) is 0 Å². The monoisotopic (exact) mass is 593 g/mol. The van der Waals surface area contributed by atoms with Crippen molar-refractivity contribution in [2.45, 2.75) is 40.4 Å². The van der Waals surface area contributed by atoms with Crippen LogP contribution >= 0.6 is 23.4 Å². The van der Waals surface area contributed by atoms with Crippen LogP contribution in [0.4, 0.5) is 11.4 Å². The number of rotatable bonds is 8. The molecule has 0 saturated carbocycles. The molecule has 1 aliphatic rings. The number of anilines is 2. The van der Waals surface area contributed by atoms with Crippen LogP contribution in [0.25, 0.3) is 0 Å². The van der Waals surface area contributed by atoms with Gasteiger partial charge < -0.3 is 4.90 Å². The molecule has 0 unspecified atom stereocenters. The number of halogens is 1. The maximum atomic E-state index is 13.3. The van der Waals surface area contributed by atoms with E-state index in [2.05, 4.69) is 9.44 Å². The molecule has 1 heterocycles. The number of thioether (sulfide) groups is 1. The third-order valence-electron chi connectivity index (χ3n) is 6.12. The second-order valence-corrected chi connectivity index (χ2v) is 13.5. The number of carbonyl (C=O) groups excluding carboxylic acids is 1. The Morgan fingerprint density at radius 3 is 1.82 bits per heavy atom. The van der Waals surface area contributed by atoms with Crippen LogP contribution in [0, 0.1) is 0 Å². The van der Waals surface area contributed by atoms with E-state index >= 15 is 0 Å². The first-order chi connectivity index (χ1) is 18.1. The van der Waals surface area contributed by atoms with Crippen molar-refractivity contribution >= 4 is 60.7 Å². The minimum absolute atomic E-state index is 0.0370. The molecule has 0 aromatic heterocycles. The van der Waals surface area contributed by atoms with E-state index in [1.54, 1.807) is 23.1 Å². The summed E-state index contributed by atoms with van der Waals surface area (Å²) in [5, 5.41) is 0.478. The van der Waals surface area contributed by atoms with Gasteiger partial charge in [-0.2, -0.15) is 0 Å². The Kier molecular flexibility index (Phi) is 8.92. The summed E-state index contributed by atoms with van der Waals surface area (Å²) in [5.74, 6) is -0.170. The van der Waals surface area contributed by atoms with Crippen LogP contribution < -0.4 is 9.44 Å². The Hall–Kier alpha value is -2.73. The Balaban J connectivity index is 1.53. The molecule has 12 heteroatoms. The van der Waals surface area contributed by atoms with Gasteiger partial charge in [-0.15, -0.1) is 11.8 Å². The maximum Gasteiger partial charge on any atom is 0.261 e. The van der Waals surface area contributed by atoms with Gasteiger partial charge in [0.2, 0.25) is 0 Å². The predicted molar refractivity (Wildman–Crippen MR) is 152 cm³/mol. The van der Waals surface area contributed by atoms with Gasteiger partial charge in [0, 0.05) is 34.4 Å². The van der Waals surface area contributed by atoms with Gasteiger partial charge in [-0.25, -0.2) is 16.8 Å². The molecule has 0 aliphatic carbocycles. The second-order valence-electron chi connectivity index (χ2n) is 8.81. The Labute approximate surface area is 232 Å². The number of likely N-dealkylation sites (tertiary alicyclic amines) is 1. The molecule has 1 saturated heterocycles. The van der Waals surface area contributed by atoms with E-state index in [-0.39, 0.29) is 21.4 Å². The molecular weight excluding hydrogens is 566 g/mol. The first-order valence-corrected chi connectivity index (χ1v) is 16.5. The summed E-state index contributed by atoms with van der Waals surface area (Å²) in [7, 11) is -7.93. The second kappa shape index (κ2) is 12.0. The maximum absolute atomic E-state index is 13.3. The minimum Gasteiger partial charge on any atom is -0.339 e. The van der Waals surface area contributed by atoms with E-state index in [1.165, 1.54) is 60.3 Å². The van der Waals surface area contributed by atoms with Crippen LogP contribution in [0.5, 0.6) is 0 Å². The fraction of sp³-hybridized carbons (Fsp3) is 0.269. The summed E-state index contributed by atoms with van der Waals surface area (Å²) in [4.78, 5) is 15.7. The first-order valence-electron chi connectivity index (χ1n) is 12.0. The molecule has 1 aliphatic heterocycles. The summed E-state index contributed by atoms with van der Waals surface area (Å²) in [6, 6.07) is 16.1. The van der Waals surface area contributed by atoms with E-state index in [9.17, 15) is 21.6 Å². The zero-order valence-electron chi connectivity index (χ0n) is 20.7. The van der Waals surface area contributed by atoms with Crippen LogP contribution in [-0.4, -0.2) is 47.0 Å². The smallest absolute Gasteiger partial charge is 0.261 e. The summed E-state index contributed by atoms with van der Waals surface area (Å²) in [6.07, 6.45) is 5.86. The molecular formula is C26H28ClN3O5S3. The number of nitrogens with one attached hydrogen (secondary N) is 2. The molecule has 0 spiro atoms. The van der Waals surface area contributed by atoms with Crippen molar-refractivity contribution in [3.63, 3.8) is 0 Å². The van der Waals surface area contributed by atoms with E-state index < -0.39 is 20.0 Å². The standard InChI is InChI=1S/C26H28ClN3O5S3/c1-36-25-15-14-23(18-24(25)26(31)30-16-4-2-3-5-17-30)38(34,35)29-21-10-12-22(13-11-21)37(32,33)28-20-8-6-19(27)7-9-20/h6-15,18,28-29H,2-5,16-17H2,1H3. The zero-order chi connectivity index (χ0) is 27.3. The van der Waals surface area contributed by atoms with Crippen molar-refractivity contribution in [3.8, 4) is 0 Å². The topological polar surface area (TPSA) is 113 Å². The molecule has 3 aromatic carbocycles. The highest BCUT2D eigenvalue weighted by molar-refractivity contribution is 7.98. The van der Waals surface area contributed by atoms with E-state index in [0.29, 0.717) is 34.3 Å². The molecule has 38 heavy (non-hydrogen) atoms. The largest absolute Gasteiger partial charge is 0.339 e. The van der Waals surface area contributed by atoms with Gasteiger partial charge >= 0.3 is 0 Å². The van der Waals surface area contributed by atoms with Crippen LogP contribution in [-0.2, 0) is 20.0 Å². The molecule has 2 N–H and O–H groups in total. The van der Waals surface area contributed by atoms with Crippen molar-refractivity contribution in [1.82, 2.24) is 4.90 Å². The van der Waals surface area contributed by atoms with Crippen molar-refractivity contribution in [2.75, 3.05) is 28.8 Å². The van der Waals surface area contributed by atoms with Crippen molar-refractivity contribution in [3.05, 3.63) is 77.3 Å². The van der Waals surface area contributed by atoms with Gasteiger partial charge in [0.05, 0.1) is 15.4 Å². The molecule has 8 nitrogen and oxygen atoms in total. The highest BCUT2D eigenvalue weighted by Crippen LogP contribution is 2.28. The third kappa shape index (κ3) is 6.82. The molecule has 0 radical (unpaired) electrons. The molecule has 4 rings (SSSR count).